The topological polar surface area (TPSA) is 34.1 Å². The van der Waals surface area contributed by atoms with E-state index in [2.05, 4.69) is 35.3 Å². The van der Waals surface area contributed by atoms with Crippen LogP contribution in [0.5, 0.6) is 0 Å². The number of methoxy groups -OCH3 is 1. The van der Waals surface area contributed by atoms with Crippen molar-refractivity contribution in [3.8, 4) is 0 Å². The van der Waals surface area contributed by atoms with Crippen LogP contribution in [-0.4, -0.2) is 20.1 Å². The quantitative estimate of drug-likeness (QED) is 0.223. The Balaban J connectivity index is 1.59. The number of hydroxylamine groups is 1. The van der Waals surface area contributed by atoms with E-state index < -0.39 is 0 Å². The van der Waals surface area contributed by atoms with Crippen molar-refractivity contribution in [3.63, 3.8) is 0 Å². The maximum atomic E-state index is 5.57. The molecule has 0 bridgehead atoms. The van der Waals surface area contributed by atoms with Crippen LogP contribution in [-0.2, 0) is 16.1 Å². The highest BCUT2D eigenvalue weighted by atomic mass is 16.7. The summed E-state index contributed by atoms with van der Waals surface area (Å²) in [4.78, 5) is 10.3. The number of anilines is 1. The monoisotopic (exact) mass is 396 g/mol. The van der Waals surface area contributed by atoms with Crippen molar-refractivity contribution in [1.29, 1.82) is 0 Å². The van der Waals surface area contributed by atoms with Crippen LogP contribution < -0.4 is 5.06 Å². The molecule has 0 aromatic heterocycles. The van der Waals surface area contributed by atoms with Crippen LogP contribution in [0.4, 0.5) is 11.4 Å². The average Bonchev–Trinajstić information content (AvgIpc) is 2.82. The first kappa shape index (κ1) is 19.7. The number of benzene rings is 4. The number of aliphatic imine (C=N–C) groups is 1. The second-order valence-electron chi connectivity index (χ2n) is 6.91. The molecular formula is C26H24N2O2. The number of hydrogen-bond acceptors (Lipinski definition) is 4. The number of para-hydroxylation sites is 1. The molecule has 0 heterocycles. The van der Waals surface area contributed by atoms with E-state index in [0.29, 0.717) is 12.4 Å². The Morgan fingerprint density at radius 3 is 2.13 bits per heavy atom. The van der Waals surface area contributed by atoms with Gasteiger partial charge in [0.05, 0.1) is 32.1 Å². The second-order valence-corrected chi connectivity index (χ2v) is 6.91. The number of ether oxygens (including phenoxy) is 1. The first-order valence-electron chi connectivity index (χ1n) is 9.84. The summed E-state index contributed by atoms with van der Waals surface area (Å²) in [5.74, 6) is 0.602. The lowest BCUT2D eigenvalue weighted by Gasteiger charge is -2.22. The van der Waals surface area contributed by atoms with Crippen molar-refractivity contribution in [1.82, 2.24) is 0 Å². The fourth-order valence-corrected chi connectivity index (χ4v) is 3.40. The Kier molecular flexibility index (Phi) is 6.06. The van der Waals surface area contributed by atoms with E-state index in [-0.39, 0.29) is 0 Å². The number of nitrogens with zero attached hydrogens (tertiary/aromatic N) is 2. The molecule has 30 heavy (non-hydrogen) atoms. The summed E-state index contributed by atoms with van der Waals surface area (Å²) < 4.78 is 5.50. The van der Waals surface area contributed by atoms with Gasteiger partial charge in [0, 0.05) is 5.56 Å². The molecule has 0 saturated carbocycles. The molecular weight excluding hydrogens is 372 g/mol. The molecule has 4 rings (SSSR count). The Morgan fingerprint density at radius 1 is 0.767 bits per heavy atom. The van der Waals surface area contributed by atoms with Gasteiger partial charge in [-0.3, -0.25) is 9.90 Å². The molecule has 0 amide bonds. The van der Waals surface area contributed by atoms with Crippen LogP contribution in [0.2, 0.25) is 0 Å². The molecule has 0 unspecified atom stereocenters. The third kappa shape index (κ3) is 4.50. The number of hydrogen-bond donors (Lipinski definition) is 0. The lowest BCUT2D eigenvalue weighted by atomic mass is 10.1. The van der Waals surface area contributed by atoms with Gasteiger partial charge in [-0.15, -0.1) is 0 Å². The molecule has 0 aliphatic rings. The fraction of sp³-hybridized carbons (Fsp3) is 0.115. The SMILES string of the molecule is COC(=Nc1ccc2cc(CN(OC)c3ccccc3)ccc2c1)c1ccccc1. The molecule has 0 aliphatic heterocycles. The summed E-state index contributed by atoms with van der Waals surface area (Å²) in [6.07, 6.45) is 0. The highest BCUT2D eigenvalue weighted by molar-refractivity contribution is 5.96. The van der Waals surface area contributed by atoms with Crippen LogP contribution in [0.3, 0.4) is 0 Å². The van der Waals surface area contributed by atoms with Gasteiger partial charge < -0.3 is 4.74 Å². The smallest absolute Gasteiger partial charge is 0.220 e. The van der Waals surface area contributed by atoms with Crippen LogP contribution in [0.25, 0.3) is 10.8 Å². The van der Waals surface area contributed by atoms with Gasteiger partial charge in [0.15, 0.2) is 0 Å². The largest absolute Gasteiger partial charge is 0.481 e. The van der Waals surface area contributed by atoms with Crippen molar-refractivity contribution in [2.24, 2.45) is 4.99 Å². The zero-order valence-corrected chi connectivity index (χ0v) is 17.2. The third-order valence-corrected chi connectivity index (χ3v) is 4.92. The molecule has 0 atom stereocenters. The van der Waals surface area contributed by atoms with E-state index in [0.717, 1.165) is 27.7 Å². The fourth-order valence-electron chi connectivity index (χ4n) is 3.40. The van der Waals surface area contributed by atoms with Crippen molar-refractivity contribution in [2.75, 3.05) is 19.3 Å². The number of fused-ring (bicyclic) bond motifs is 1. The van der Waals surface area contributed by atoms with Crippen molar-refractivity contribution in [3.05, 3.63) is 108 Å². The van der Waals surface area contributed by atoms with Gasteiger partial charge in [-0.2, -0.15) is 0 Å². The summed E-state index contributed by atoms with van der Waals surface area (Å²) in [7, 11) is 3.34. The Bertz CT molecular complexity index is 1140. The Labute approximate surface area is 177 Å². The molecule has 4 aromatic rings. The first-order chi connectivity index (χ1) is 14.8. The summed E-state index contributed by atoms with van der Waals surface area (Å²) in [6.45, 7) is 0.665. The van der Waals surface area contributed by atoms with Crippen molar-refractivity contribution >= 4 is 28.0 Å². The highest BCUT2D eigenvalue weighted by Gasteiger charge is 2.08. The Hall–Kier alpha value is -3.63. The van der Waals surface area contributed by atoms with Gasteiger partial charge in [0.2, 0.25) is 5.90 Å². The first-order valence-corrected chi connectivity index (χ1v) is 9.84. The maximum absolute atomic E-state index is 5.57. The molecule has 0 N–H and O–H groups in total. The highest BCUT2D eigenvalue weighted by Crippen LogP contribution is 2.25. The second kappa shape index (κ2) is 9.25. The molecule has 4 heteroatoms. The zero-order chi connectivity index (χ0) is 20.8. The predicted molar refractivity (Wildman–Crippen MR) is 123 cm³/mol. The van der Waals surface area contributed by atoms with E-state index in [1.165, 1.54) is 5.56 Å². The van der Waals surface area contributed by atoms with Gasteiger partial charge in [0.25, 0.3) is 0 Å². The average molecular weight is 396 g/mol. The summed E-state index contributed by atoms with van der Waals surface area (Å²) >= 11 is 0. The summed E-state index contributed by atoms with van der Waals surface area (Å²) in [5, 5.41) is 4.17. The molecule has 4 nitrogen and oxygen atoms in total. The van der Waals surface area contributed by atoms with Gasteiger partial charge in [-0.05, 0) is 58.8 Å². The zero-order valence-electron chi connectivity index (χ0n) is 17.2. The molecule has 0 saturated heterocycles. The molecule has 0 aliphatic carbocycles. The van der Waals surface area contributed by atoms with Crippen LogP contribution in [0.15, 0.2) is 102 Å². The normalized spacial score (nSPS) is 11.5. The van der Waals surface area contributed by atoms with E-state index in [4.69, 9.17) is 9.57 Å². The minimum atomic E-state index is 0.602. The predicted octanol–water partition coefficient (Wildman–Crippen LogP) is 6.13. The lowest BCUT2D eigenvalue weighted by Crippen LogP contribution is -2.20. The van der Waals surface area contributed by atoms with E-state index in [1.807, 2.05) is 71.8 Å². The minimum Gasteiger partial charge on any atom is -0.481 e. The lowest BCUT2D eigenvalue weighted by molar-refractivity contribution is 0.163. The minimum absolute atomic E-state index is 0.602. The summed E-state index contributed by atoms with van der Waals surface area (Å²) in [5.41, 5.74) is 4.01. The molecule has 150 valence electrons. The molecule has 0 spiro atoms. The van der Waals surface area contributed by atoms with E-state index in [1.54, 1.807) is 14.2 Å². The van der Waals surface area contributed by atoms with Crippen LogP contribution in [0.1, 0.15) is 11.1 Å². The van der Waals surface area contributed by atoms with Gasteiger partial charge in [0.1, 0.15) is 0 Å². The van der Waals surface area contributed by atoms with Crippen molar-refractivity contribution in [2.45, 2.75) is 6.54 Å². The van der Waals surface area contributed by atoms with Crippen LogP contribution >= 0.6 is 0 Å². The Morgan fingerprint density at radius 2 is 1.43 bits per heavy atom. The molecule has 4 aromatic carbocycles. The maximum Gasteiger partial charge on any atom is 0.220 e. The van der Waals surface area contributed by atoms with Gasteiger partial charge in [-0.25, -0.2) is 4.99 Å². The van der Waals surface area contributed by atoms with E-state index >= 15 is 0 Å². The van der Waals surface area contributed by atoms with Gasteiger partial charge >= 0.3 is 0 Å². The van der Waals surface area contributed by atoms with Gasteiger partial charge in [-0.1, -0.05) is 54.6 Å². The molecule has 0 fully saturated rings. The summed E-state index contributed by atoms with van der Waals surface area (Å²) in [6, 6.07) is 32.6. The standard InChI is InChI=1S/C26H24N2O2/c1-29-26(21-9-5-3-6-10-21)27-24-16-15-22-17-20(13-14-23(22)18-24)19-28(30-2)25-11-7-4-8-12-25/h3-18H,19H2,1-2H3. The van der Waals surface area contributed by atoms with Crippen LogP contribution in [0, 0.1) is 0 Å². The van der Waals surface area contributed by atoms with E-state index in [9.17, 15) is 0 Å². The number of rotatable bonds is 6. The molecule has 0 radical (unpaired) electrons. The third-order valence-electron chi connectivity index (χ3n) is 4.92. The van der Waals surface area contributed by atoms with Crippen molar-refractivity contribution < 1.29 is 9.57 Å².